The second kappa shape index (κ2) is 6.68. The number of carbonyl (C=O) groups excluding carboxylic acids is 1. The largest absolute Gasteiger partial charge is 0.326 e. The maximum Gasteiger partial charge on any atom is 0.263 e. The Kier molecular flexibility index (Phi) is 4.59. The van der Waals surface area contributed by atoms with Gasteiger partial charge in [-0.15, -0.1) is 0 Å². The molecule has 2 aromatic rings. The van der Waals surface area contributed by atoms with Crippen molar-refractivity contribution in [3.63, 3.8) is 0 Å². The molecule has 2 aromatic carbocycles. The molecule has 0 atom stereocenters. The molecule has 3 rings (SSSR count). The van der Waals surface area contributed by atoms with Crippen LogP contribution in [-0.4, -0.2) is 26.7 Å². The second-order valence-electron chi connectivity index (χ2n) is 6.01. The minimum Gasteiger partial charge on any atom is -0.326 e. The maximum atomic E-state index is 12.1. The van der Waals surface area contributed by atoms with Gasteiger partial charge in [0.1, 0.15) is 5.84 Å². The summed E-state index contributed by atoms with van der Waals surface area (Å²) in [7, 11) is -3.54. The molecule has 0 saturated heterocycles. The molecule has 0 fully saturated rings. The number of nitrogens with zero attached hydrogens (tertiary/aromatic N) is 1. The third-order valence-corrected chi connectivity index (χ3v) is 5.17. The minimum absolute atomic E-state index is 0.163. The topological polar surface area (TPSA) is 87.6 Å². The number of hydrogen-bond donors (Lipinski definition) is 2. The van der Waals surface area contributed by atoms with Crippen LogP contribution in [0.15, 0.2) is 52.4 Å². The van der Waals surface area contributed by atoms with Gasteiger partial charge in [-0.1, -0.05) is 18.2 Å². The number of hydrogen-bond acceptors (Lipinski definition) is 4. The van der Waals surface area contributed by atoms with E-state index in [0.717, 1.165) is 16.8 Å². The molecule has 25 heavy (non-hydrogen) atoms. The molecule has 6 nitrogen and oxygen atoms in total. The molecule has 0 spiro atoms. The van der Waals surface area contributed by atoms with Gasteiger partial charge in [0.05, 0.1) is 11.4 Å². The van der Waals surface area contributed by atoms with Crippen molar-refractivity contribution in [1.29, 1.82) is 0 Å². The fraction of sp³-hybridized carbons (Fsp3) is 0.222. The fourth-order valence-electron chi connectivity index (χ4n) is 2.79. The summed E-state index contributed by atoms with van der Waals surface area (Å²) >= 11 is 0. The average molecular weight is 357 g/mol. The van der Waals surface area contributed by atoms with Crippen molar-refractivity contribution in [2.45, 2.75) is 25.2 Å². The summed E-state index contributed by atoms with van der Waals surface area (Å²) in [5, 5.41) is 2.84. The number of carbonyl (C=O) groups is 1. The number of aliphatic imine (C=N–C) groups is 1. The van der Waals surface area contributed by atoms with Crippen LogP contribution in [0.2, 0.25) is 0 Å². The van der Waals surface area contributed by atoms with Crippen LogP contribution in [0.5, 0.6) is 0 Å². The summed E-state index contributed by atoms with van der Waals surface area (Å²) in [5.74, 6) is 0.123. The lowest BCUT2D eigenvalue weighted by Gasteiger charge is -2.07. The highest BCUT2D eigenvalue weighted by Gasteiger charge is 2.29. The number of amides is 1. The van der Waals surface area contributed by atoms with Gasteiger partial charge in [-0.2, -0.15) is 0 Å². The summed E-state index contributed by atoms with van der Waals surface area (Å²) in [4.78, 5) is 16.5. The highest BCUT2D eigenvalue weighted by Crippen LogP contribution is 2.22. The first-order chi connectivity index (χ1) is 11.8. The van der Waals surface area contributed by atoms with Gasteiger partial charge in [0, 0.05) is 17.7 Å². The third-order valence-electron chi connectivity index (χ3n) is 3.78. The van der Waals surface area contributed by atoms with Crippen LogP contribution in [0.25, 0.3) is 0 Å². The Hall–Kier alpha value is -2.67. The van der Waals surface area contributed by atoms with E-state index in [4.69, 9.17) is 0 Å². The van der Waals surface area contributed by atoms with E-state index in [0.29, 0.717) is 5.56 Å². The van der Waals surface area contributed by atoms with E-state index in [2.05, 4.69) is 15.0 Å². The minimum atomic E-state index is -3.54. The van der Waals surface area contributed by atoms with Crippen LogP contribution in [-0.2, 0) is 14.8 Å². The fourth-order valence-corrected chi connectivity index (χ4v) is 4.04. The summed E-state index contributed by atoms with van der Waals surface area (Å²) < 4.78 is 26.4. The number of nitrogens with one attached hydrogen (secondary N) is 2. The van der Waals surface area contributed by atoms with Crippen LogP contribution in [0, 0.1) is 13.8 Å². The summed E-state index contributed by atoms with van der Waals surface area (Å²) in [5.41, 5.74) is 3.44. The molecule has 1 heterocycles. The number of rotatable bonds is 4. The molecule has 1 aliphatic rings. The van der Waals surface area contributed by atoms with E-state index in [-0.39, 0.29) is 29.6 Å². The lowest BCUT2D eigenvalue weighted by Crippen LogP contribution is -2.23. The molecule has 0 unspecified atom stereocenters. The smallest absolute Gasteiger partial charge is 0.263 e. The Bertz CT molecular complexity index is 945. The quantitative estimate of drug-likeness (QED) is 0.880. The van der Waals surface area contributed by atoms with Gasteiger partial charge in [0.2, 0.25) is 5.91 Å². The first-order valence-electron chi connectivity index (χ1n) is 7.90. The molecule has 130 valence electrons. The Morgan fingerprint density at radius 2 is 1.80 bits per heavy atom. The first-order valence-corrected chi connectivity index (χ1v) is 9.38. The third kappa shape index (κ3) is 3.88. The highest BCUT2D eigenvalue weighted by molar-refractivity contribution is 7.90. The van der Waals surface area contributed by atoms with E-state index in [1.54, 1.807) is 18.2 Å². The lowest BCUT2D eigenvalue weighted by molar-refractivity contribution is -0.116. The molecule has 1 aliphatic heterocycles. The van der Waals surface area contributed by atoms with Crippen molar-refractivity contribution in [3.05, 3.63) is 59.2 Å². The summed E-state index contributed by atoms with van der Waals surface area (Å²) in [6, 6.07) is 12.5. The van der Waals surface area contributed by atoms with Crippen molar-refractivity contribution in [2.75, 3.05) is 11.9 Å². The predicted molar refractivity (Wildman–Crippen MR) is 97.3 cm³/mol. The molecule has 0 bridgehead atoms. The van der Waals surface area contributed by atoms with Gasteiger partial charge in [0.15, 0.2) is 0 Å². The molecule has 0 aromatic heterocycles. The standard InChI is InChI=1S/C18H19N3O3S/c1-12-9-13(2)11-14(10-12)20-17(22)7-8-19-18-15-5-3-4-6-16(15)25(23,24)21-18/h3-6,9-11H,7-8H2,1-2H3,(H,19,21)(H,20,22). The van der Waals surface area contributed by atoms with Crippen molar-refractivity contribution in [3.8, 4) is 0 Å². The zero-order valence-corrected chi connectivity index (χ0v) is 14.9. The van der Waals surface area contributed by atoms with E-state index < -0.39 is 10.0 Å². The molecular weight excluding hydrogens is 338 g/mol. The van der Waals surface area contributed by atoms with E-state index in [1.165, 1.54) is 6.07 Å². The molecule has 1 amide bonds. The summed E-state index contributed by atoms with van der Waals surface area (Å²) in [6.07, 6.45) is 0.167. The van der Waals surface area contributed by atoms with Crippen LogP contribution in [0.1, 0.15) is 23.1 Å². The van der Waals surface area contributed by atoms with Gasteiger partial charge in [-0.3, -0.25) is 14.5 Å². The highest BCUT2D eigenvalue weighted by atomic mass is 32.2. The monoisotopic (exact) mass is 357 g/mol. The van der Waals surface area contributed by atoms with Gasteiger partial charge in [0.25, 0.3) is 10.0 Å². The maximum absolute atomic E-state index is 12.1. The number of anilines is 1. The van der Waals surface area contributed by atoms with Gasteiger partial charge in [-0.05, 0) is 49.2 Å². The Morgan fingerprint density at radius 1 is 1.12 bits per heavy atom. The van der Waals surface area contributed by atoms with Crippen molar-refractivity contribution >= 4 is 27.5 Å². The average Bonchev–Trinajstić information content (AvgIpc) is 2.78. The van der Waals surface area contributed by atoms with Crippen LogP contribution in [0.4, 0.5) is 5.69 Å². The van der Waals surface area contributed by atoms with Crippen molar-refractivity contribution < 1.29 is 13.2 Å². The van der Waals surface area contributed by atoms with E-state index in [1.807, 2.05) is 32.0 Å². The number of aryl methyl sites for hydroxylation is 2. The number of sulfonamides is 1. The van der Waals surface area contributed by atoms with Gasteiger partial charge >= 0.3 is 0 Å². The van der Waals surface area contributed by atoms with Crippen LogP contribution in [0.3, 0.4) is 0 Å². The van der Waals surface area contributed by atoms with Gasteiger partial charge < -0.3 is 5.32 Å². The summed E-state index contributed by atoms with van der Waals surface area (Å²) in [6.45, 7) is 4.14. The Labute approximate surface area is 147 Å². The second-order valence-corrected chi connectivity index (χ2v) is 7.66. The molecule has 2 N–H and O–H groups in total. The van der Waals surface area contributed by atoms with E-state index >= 15 is 0 Å². The number of amidine groups is 1. The Balaban J connectivity index is 1.65. The molecular formula is C18H19N3O3S. The van der Waals surface area contributed by atoms with Crippen molar-refractivity contribution in [1.82, 2.24) is 4.72 Å². The zero-order valence-electron chi connectivity index (χ0n) is 14.0. The van der Waals surface area contributed by atoms with Crippen LogP contribution < -0.4 is 10.0 Å². The normalized spacial score (nSPS) is 16.3. The van der Waals surface area contributed by atoms with E-state index in [9.17, 15) is 13.2 Å². The number of fused-ring (bicyclic) bond motifs is 1. The van der Waals surface area contributed by atoms with Crippen LogP contribution >= 0.6 is 0 Å². The number of benzene rings is 2. The molecule has 0 radical (unpaired) electrons. The van der Waals surface area contributed by atoms with Crippen molar-refractivity contribution in [2.24, 2.45) is 4.99 Å². The first kappa shape index (κ1) is 17.2. The predicted octanol–water partition coefficient (Wildman–Crippen LogP) is 2.37. The molecule has 7 heteroatoms. The SMILES string of the molecule is Cc1cc(C)cc(NC(=O)CCN=C2NS(=O)(=O)c3ccccc32)c1. The zero-order chi connectivity index (χ0) is 18.0. The van der Waals surface area contributed by atoms with Gasteiger partial charge in [-0.25, -0.2) is 8.42 Å². The molecule has 0 saturated carbocycles. The lowest BCUT2D eigenvalue weighted by atomic mass is 10.1. The molecule has 0 aliphatic carbocycles. The Morgan fingerprint density at radius 3 is 2.52 bits per heavy atom.